The molecular weight excluding hydrogens is 250 g/mol. The van der Waals surface area contributed by atoms with Crippen molar-refractivity contribution in [2.75, 3.05) is 20.1 Å². The normalized spacial score (nSPS) is 17.5. The lowest BCUT2D eigenvalue weighted by Gasteiger charge is -2.29. The maximum Gasteiger partial charge on any atom is 0.221 e. The van der Waals surface area contributed by atoms with Crippen molar-refractivity contribution in [3.63, 3.8) is 0 Å². The molecule has 0 bridgehead atoms. The molecule has 1 saturated heterocycles. The van der Waals surface area contributed by atoms with Crippen LogP contribution in [-0.4, -0.2) is 36.1 Å². The van der Waals surface area contributed by atoms with Gasteiger partial charge >= 0.3 is 0 Å². The van der Waals surface area contributed by atoms with Crippen molar-refractivity contribution < 1.29 is 4.74 Å². The molecule has 1 fully saturated rings. The van der Waals surface area contributed by atoms with Crippen LogP contribution in [-0.2, 0) is 6.54 Å². The number of pyridine rings is 1. The van der Waals surface area contributed by atoms with Gasteiger partial charge in [0.25, 0.3) is 0 Å². The second-order valence-electron chi connectivity index (χ2n) is 5.46. The second kappa shape index (κ2) is 5.77. The van der Waals surface area contributed by atoms with Gasteiger partial charge in [0.05, 0.1) is 0 Å². The third-order valence-corrected chi connectivity index (χ3v) is 4.00. The van der Waals surface area contributed by atoms with Crippen LogP contribution in [0.3, 0.4) is 0 Å². The smallest absolute Gasteiger partial charge is 0.221 e. The van der Waals surface area contributed by atoms with E-state index in [0.29, 0.717) is 6.54 Å². The molecule has 1 aromatic heterocycles. The first-order valence-corrected chi connectivity index (χ1v) is 7.20. The highest BCUT2D eigenvalue weighted by molar-refractivity contribution is 5.89. The third-order valence-electron chi connectivity index (χ3n) is 4.00. The Morgan fingerprint density at radius 3 is 2.65 bits per heavy atom. The van der Waals surface area contributed by atoms with E-state index in [9.17, 15) is 0 Å². The number of hydrogen-bond donors (Lipinski definition) is 1. The molecule has 2 heterocycles. The largest absolute Gasteiger partial charge is 0.474 e. The van der Waals surface area contributed by atoms with Crippen LogP contribution in [0.1, 0.15) is 18.4 Å². The zero-order valence-electron chi connectivity index (χ0n) is 11.9. The van der Waals surface area contributed by atoms with E-state index in [2.05, 4.69) is 29.1 Å². The molecule has 4 nitrogen and oxygen atoms in total. The highest BCUT2D eigenvalue weighted by Gasteiger charge is 2.19. The molecule has 1 aromatic carbocycles. The first-order valence-electron chi connectivity index (χ1n) is 7.20. The van der Waals surface area contributed by atoms with Gasteiger partial charge in [-0.15, -0.1) is 0 Å². The Kier molecular flexibility index (Phi) is 3.85. The Balaban J connectivity index is 1.88. The average Bonchev–Trinajstić information content (AvgIpc) is 2.50. The van der Waals surface area contributed by atoms with Crippen LogP contribution in [0.4, 0.5) is 0 Å². The van der Waals surface area contributed by atoms with Crippen molar-refractivity contribution in [2.45, 2.75) is 25.5 Å². The summed E-state index contributed by atoms with van der Waals surface area (Å²) < 4.78 is 6.14. The van der Waals surface area contributed by atoms with E-state index in [1.807, 2.05) is 18.3 Å². The van der Waals surface area contributed by atoms with Crippen LogP contribution in [0.25, 0.3) is 10.8 Å². The highest BCUT2D eigenvalue weighted by atomic mass is 16.5. The topological polar surface area (TPSA) is 51.4 Å². The van der Waals surface area contributed by atoms with Gasteiger partial charge in [-0.25, -0.2) is 4.98 Å². The number of likely N-dealkylation sites (tertiary alicyclic amines) is 1. The van der Waals surface area contributed by atoms with Crippen molar-refractivity contribution in [2.24, 2.45) is 5.73 Å². The minimum atomic E-state index is 0.269. The fourth-order valence-electron chi connectivity index (χ4n) is 2.74. The van der Waals surface area contributed by atoms with E-state index in [-0.39, 0.29) is 6.10 Å². The lowest BCUT2D eigenvalue weighted by atomic mass is 10.1. The van der Waals surface area contributed by atoms with Gasteiger partial charge in [-0.2, -0.15) is 0 Å². The minimum Gasteiger partial charge on any atom is -0.474 e. The molecule has 3 rings (SSSR count). The van der Waals surface area contributed by atoms with Crippen molar-refractivity contribution in [3.8, 4) is 5.88 Å². The number of nitrogens with two attached hydrogens (primary N) is 1. The average molecular weight is 271 g/mol. The van der Waals surface area contributed by atoms with Crippen LogP contribution in [0, 0.1) is 0 Å². The Labute approximate surface area is 119 Å². The summed E-state index contributed by atoms with van der Waals surface area (Å²) in [7, 11) is 2.15. The van der Waals surface area contributed by atoms with Gasteiger partial charge in [-0.05, 0) is 36.9 Å². The van der Waals surface area contributed by atoms with Gasteiger partial charge in [0.2, 0.25) is 5.88 Å². The Morgan fingerprint density at radius 1 is 1.25 bits per heavy atom. The number of aromatic nitrogens is 1. The molecule has 4 heteroatoms. The lowest BCUT2D eigenvalue weighted by Crippen LogP contribution is -2.35. The summed E-state index contributed by atoms with van der Waals surface area (Å²) in [6.07, 6.45) is 4.23. The summed E-state index contributed by atoms with van der Waals surface area (Å²) in [4.78, 5) is 6.81. The monoisotopic (exact) mass is 271 g/mol. The number of ether oxygens (including phenoxy) is 1. The van der Waals surface area contributed by atoms with Gasteiger partial charge in [0.1, 0.15) is 6.10 Å². The molecular formula is C16H21N3O. The zero-order valence-corrected chi connectivity index (χ0v) is 11.9. The molecule has 0 spiro atoms. The maximum atomic E-state index is 6.14. The quantitative estimate of drug-likeness (QED) is 0.929. The molecule has 2 aromatic rings. The zero-order chi connectivity index (χ0) is 13.9. The number of rotatable bonds is 3. The highest BCUT2D eigenvalue weighted by Crippen LogP contribution is 2.28. The van der Waals surface area contributed by atoms with Crippen LogP contribution >= 0.6 is 0 Å². The van der Waals surface area contributed by atoms with Crippen LogP contribution in [0.2, 0.25) is 0 Å². The fourth-order valence-corrected chi connectivity index (χ4v) is 2.74. The molecule has 20 heavy (non-hydrogen) atoms. The molecule has 106 valence electrons. The molecule has 0 radical (unpaired) electrons. The predicted molar refractivity (Wildman–Crippen MR) is 80.8 cm³/mol. The summed E-state index contributed by atoms with van der Waals surface area (Å²) in [5.41, 5.74) is 6.85. The molecule has 0 unspecified atom stereocenters. The Hall–Kier alpha value is -1.65. The van der Waals surface area contributed by atoms with Gasteiger partial charge in [-0.3, -0.25) is 0 Å². The van der Waals surface area contributed by atoms with Gasteiger partial charge < -0.3 is 15.4 Å². The molecule has 0 saturated carbocycles. The van der Waals surface area contributed by atoms with Crippen LogP contribution in [0.15, 0.2) is 30.5 Å². The Bertz CT molecular complexity index is 591. The molecule has 0 atom stereocenters. The summed E-state index contributed by atoms with van der Waals surface area (Å²) in [6.45, 7) is 2.68. The van der Waals surface area contributed by atoms with Gasteiger partial charge in [0.15, 0.2) is 0 Å². The van der Waals surface area contributed by atoms with Crippen LogP contribution < -0.4 is 10.5 Å². The third kappa shape index (κ3) is 2.62. The van der Waals surface area contributed by atoms with Gasteiger partial charge in [-0.1, -0.05) is 18.2 Å². The minimum absolute atomic E-state index is 0.269. The van der Waals surface area contributed by atoms with Crippen LogP contribution in [0.5, 0.6) is 5.88 Å². The number of benzene rings is 1. The number of hydrogen-bond acceptors (Lipinski definition) is 4. The maximum absolute atomic E-state index is 6.14. The van der Waals surface area contributed by atoms with E-state index in [4.69, 9.17) is 10.5 Å². The molecule has 1 aliphatic rings. The number of nitrogens with zero attached hydrogens (tertiary/aromatic N) is 2. The lowest BCUT2D eigenvalue weighted by molar-refractivity contribution is 0.111. The van der Waals surface area contributed by atoms with E-state index in [0.717, 1.165) is 48.1 Å². The van der Waals surface area contributed by atoms with Crippen molar-refractivity contribution >= 4 is 10.8 Å². The summed E-state index contributed by atoms with van der Waals surface area (Å²) >= 11 is 0. The molecule has 0 aliphatic carbocycles. The first-order chi connectivity index (χ1) is 9.78. The number of fused-ring (bicyclic) bond motifs is 1. The summed E-state index contributed by atoms with van der Waals surface area (Å²) in [5, 5.41) is 2.21. The first kappa shape index (κ1) is 13.3. The Morgan fingerprint density at radius 2 is 1.95 bits per heavy atom. The van der Waals surface area contributed by atoms with Gasteiger partial charge in [0, 0.05) is 31.2 Å². The van der Waals surface area contributed by atoms with E-state index in [1.54, 1.807) is 0 Å². The predicted octanol–water partition coefficient (Wildman–Crippen LogP) is 2.17. The molecule has 1 aliphatic heterocycles. The van der Waals surface area contributed by atoms with Crippen molar-refractivity contribution in [3.05, 3.63) is 36.0 Å². The van der Waals surface area contributed by atoms with E-state index in [1.165, 1.54) is 0 Å². The molecule has 0 amide bonds. The van der Waals surface area contributed by atoms with E-state index < -0.39 is 0 Å². The fraction of sp³-hybridized carbons (Fsp3) is 0.438. The number of piperidine rings is 1. The van der Waals surface area contributed by atoms with Crippen molar-refractivity contribution in [1.29, 1.82) is 0 Å². The SMILES string of the molecule is CN1CCC(Oc2ncc(CN)c3ccccc23)CC1. The second-order valence-corrected chi connectivity index (χ2v) is 5.46. The van der Waals surface area contributed by atoms with E-state index >= 15 is 0 Å². The summed E-state index contributed by atoms with van der Waals surface area (Å²) in [6, 6.07) is 8.19. The summed E-state index contributed by atoms with van der Waals surface area (Å²) in [5.74, 6) is 0.743. The van der Waals surface area contributed by atoms with Crippen molar-refractivity contribution in [1.82, 2.24) is 9.88 Å². The molecule has 2 N–H and O–H groups in total. The standard InChI is InChI=1S/C16H21N3O/c1-19-8-6-13(7-9-19)20-16-15-5-3-2-4-14(15)12(10-17)11-18-16/h2-5,11,13H,6-10,17H2,1H3.